The highest BCUT2D eigenvalue weighted by molar-refractivity contribution is 5.34. The summed E-state index contributed by atoms with van der Waals surface area (Å²) in [5, 5.41) is 0. The van der Waals surface area contributed by atoms with Crippen molar-refractivity contribution in [2.75, 3.05) is 0 Å². The largest absolute Gasteiger partial charge is 0.0588 e. The molecule has 6 rings (SSSR count). The molecule has 0 aliphatic heterocycles. The number of fused-ring (bicyclic) bond motifs is 4. The van der Waals surface area contributed by atoms with Gasteiger partial charge in [0, 0.05) is 0 Å². The van der Waals surface area contributed by atoms with E-state index in [9.17, 15) is 0 Å². The van der Waals surface area contributed by atoms with Crippen LogP contribution in [0.25, 0.3) is 0 Å². The molecule has 35 heavy (non-hydrogen) atoms. The molecule has 0 spiro atoms. The maximum absolute atomic E-state index is 2.50. The second-order valence-electron chi connectivity index (χ2n) is 13.5. The van der Waals surface area contributed by atoms with E-state index < -0.39 is 0 Å². The Hall–Kier alpha value is -1.56. The predicted octanol–water partition coefficient (Wildman–Crippen LogP) is 9.83. The first-order chi connectivity index (χ1) is 17.0. The van der Waals surface area contributed by atoms with Gasteiger partial charge in [0.1, 0.15) is 0 Å². The summed E-state index contributed by atoms with van der Waals surface area (Å²) in [6, 6.07) is 14.6. The summed E-state index contributed by atoms with van der Waals surface area (Å²) < 4.78 is 0. The fourth-order valence-electron chi connectivity index (χ4n) is 9.29. The zero-order chi connectivity index (χ0) is 24.1. The minimum Gasteiger partial charge on any atom is -0.0588 e. The van der Waals surface area contributed by atoms with Gasteiger partial charge in [-0.05, 0) is 147 Å². The van der Waals surface area contributed by atoms with E-state index in [4.69, 9.17) is 0 Å². The molecule has 4 saturated carbocycles. The average molecular weight is 469 g/mol. The Bertz CT molecular complexity index is 962. The van der Waals surface area contributed by atoms with Crippen LogP contribution in [-0.4, -0.2) is 0 Å². The molecule has 2 aromatic rings. The number of benzene rings is 2. The highest BCUT2D eigenvalue weighted by atomic mass is 14.5. The van der Waals surface area contributed by atoms with Gasteiger partial charge >= 0.3 is 0 Å². The minimum atomic E-state index is 0.862. The molecule has 188 valence electrons. The highest BCUT2D eigenvalue weighted by Crippen LogP contribution is 2.58. The first-order valence-corrected chi connectivity index (χ1v) is 15.1. The lowest BCUT2D eigenvalue weighted by atomic mass is 9.76. The summed E-state index contributed by atoms with van der Waals surface area (Å²) in [6.07, 6.45) is 16.6. The van der Waals surface area contributed by atoms with Crippen molar-refractivity contribution < 1.29 is 0 Å². The van der Waals surface area contributed by atoms with Crippen molar-refractivity contribution >= 4 is 0 Å². The summed E-state index contributed by atoms with van der Waals surface area (Å²) >= 11 is 0. The van der Waals surface area contributed by atoms with Crippen molar-refractivity contribution in [1.82, 2.24) is 0 Å². The summed E-state index contributed by atoms with van der Waals surface area (Å²) in [6.45, 7) is 9.07. The molecule has 8 atom stereocenters. The van der Waals surface area contributed by atoms with Crippen LogP contribution in [0.15, 0.2) is 36.4 Å². The molecule has 0 aromatic heterocycles. The standard InChI is InChI=1S/C35H48/c1-22-10-12-28(14-24(22)3)34-20-30-18-32(34)16-26(30)8-6-5-7-9-27-17-33-19-31(27)21-35(33)29-13-11-23(2)25(4)15-29/h10-15,26-27,30-35H,5-9,16-21H2,1-4H3. The monoisotopic (exact) mass is 468 g/mol. The van der Waals surface area contributed by atoms with Crippen molar-refractivity contribution in [2.24, 2.45) is 35.5 Å². The van der Waals surface area contributed by atoms with E-state index in [-0.39, 0.29) is 0 Å². The van der Waals surface area contributed by atoms with E-state index >= 15 is 0 Å². The Morgan fingerprint density at radius 2 is 0.943 bits per heavy atom. The molecule has 0 radical (unpaired) electrons. The van der Waals surface area contributed by atoms with Gasteiger partial charge < -0.3 is 0 Å². The minimum absolute atomic E-state index is 0.862. The molecule has 4 aliphatic carbocycles. The van der Waals surface area contributed by atoms with E-state index in [1.165, 1.54) is 92.9 Å². The molecule has 8 unspecified atom stereocenters. The molecular formula is C35H48. The van der Waals surface area contributed by atoms with Gasteiger partial charge in [-0.15, -0.1) is 0 Å². The lowest BCUT2D eigenvalue weighted by molar-refractivity contribution is 0.268. The van der Waals surface area contributed by atoms with Gasteiger partial charge in [0.2, 0.25) is 0 Å². The first kappa shape index (κ1) is 23.8. The molecule has 0 heterocycles. The Balaban J connectivity index is 0.907. The van der Waals surface area contributed by atoms with Gasteiger partial charge in [0.25, 0.3) is 0 Å². The van der Waals surface area contributed by atoms with Crippen LogP contribution >= 0.6 is 0 Å². The second kappa shape index (κ2) is 9.72. The third-order valence-corrected chi connectivity index (χ3v) is 11.6. The number of aryl methyl sites for hydroxylation is 4. The zero-order valence-corrected chi connectivity index (χ0v) is 22.9. The average Bonchev–Trinajstić information content (AvgIpc) is 3.63. The van der Waals surface area contributed by atoms with E-state index in [0.29, 0.717) is 0 Å². The number of unbranched alkanes of at least 4 members (excludes halogenated alkanes) is 2. The van der Waals surface area contributed by atoms with Gasteiger partial charge in [-0.1, -0.05) is 68.5 Å². The zero-order valence-electron chi connectivity index (χ0n) is 22.9. The van der Waals surface area contributed by atoms with Crippen LogP contribution in [0.3, 0.4) is 0 Å². The molecule has 0 amide bonds. The van der Waals surface area contributed by atoms with Gasteiger partial charge in [0.15, 0.2) is 0 Å². The predicted molar refractivity (Wildman–Crippen MR) is 149 cm³/mol. The molecule has 0 saturated heterocycles. The highest BCUT2D eigenvalue weighted by Gasteiger charge is 2.46. The fraction of sp³-hybridized carbons (Fsp3) is 0.657. The third-order valence-electron chi connectivity index (χ3n) is 11.6. The topological polar surface area (TPSA) is 0 Å². The molecule has 0 N–H and O–H groups in total. The van der Waals surface area contributed by atoms with Gasteiger partial charge in [-0.25, -0.2) is 0 Å². The Morgan fingerprint density at radius 1 is 0.486 bits per heavy atom. The van der Waals surface area contributed by atoms with Crippen LogP contribution in [0.4, 0.5) is 0 Å². The maximum atomic E-state index is 2.50. The molecule has 0 nitrogen and oxygen atoms in total. The second-order valence-corrected chi connectivity index (χ2v) is 13.5. The van der Waals surface area contributed by atoms with Crippen LogP contribution < -0.4 is 0 Å². The van der Waals surface area contributed by atoms with Crippen molar-refractivity contribution in [3.63, 3.8) is 0 Å². The number of rotatable bonds is 8. The SMILES string of the molecule is Cc1ccc(C2CC3CC2CC3CCCCCC2CC3CC2CC3c2ccc(C)c(C)c2)cc1C. The molecule has 4 fully saturated rings. The first-order valence-electron chi connectivity index (χ1n) is 15.1. The van der Waals surface area contributed by atoms with Crippen molar-refractivity contribution in [2.45, 2.75) is 110 Å². The third kappa shape index (κ3) is 4.65. The Morgan fingerprint density at radius 3 is 1.31 bits per heavy atom. The van der Waals surface area contributed by atoms with Gasteiger partial charge in [-0.3, -0.25) is 0 Å². The lowest BCUT2D eigenvalue weighted by Crippen LogP contribution is -2.17. The van der Waals surface area contributed by atoms with Crippen LogP contribution in [0.1, 0.15) is 116 Å². The van der Waals surface area contributed by atoms with Crippen LogP contribution in [-0.2, 0) is 0 Å². The summed E-state index contributed by atoms with van der Waals surface area (Å²) in [5.41, 5.74) is 9.15. The normalized spacial score (nSPS) is 35.3. The van der Waals surface area contributed by atoms with Crippen molar-refractivity contribution in [3.05, 3.63) is 69.8 Å². The van der Waals surface area contributed by atoms with E-state index in [0.717, 1.165) is 47.3 Å². The molecular weight excluding hydrogens is 420 g/mol. The Labute approximate surface area is 215 Å². The Kier molecular flexibility index (Phi) is 6.61. The van der Waals surface area contributed by atoms with Gasteiger partial charge in [0.05, 0.1) is 0 Å². The van der Waals surface area contributed by atoms with E-state index in [1.54, 1.807) is 11.1 Å². The number of hydrogen-bond acceptors (Lipinski definition) is 0. The van der Waals surface area contributed by atoms with Crippen molar-refractivity contribution in [1.29, 1.82) is 0 Å². The molecule has 0 heteroatoms. The smallest absolute Gasteiger partial charge is 0.0131 e. The van der Waals surface area contributed by atoms with Crippen LogP contribution in [0.2, 0.25) is 0 Å². The molecule has 2 aromatic carbocycles. The number of hydrogen-bond donors (Lipinski definition) is 0. The summed E-state index contributed by atoms with van der Waals surface area (Å²) in [5.74, 6) is 7.83. The van der Waals surface area contributed by atoms with Crippen molar-refractivity contribution in [3.8, 4) is 0 Å². The van der Waals surface area contributed by atoms with E-state index in [1.807, 2.05) is 0 Å². The molecule has 4 bridgehead atoms. The van der Waals surface area contributed by atoms with E-state index in [2.05, 4.69) is 64.1 Å². The summed E-state index contributed by atoms with van der Waals surface area (Å²) in [7, 11) is 0. The van der Waals surface area contributed by atoms with Crippen LogP contribution in [0.5, 0.6) is 0 Å². The maximum Gasteiger partial charge on any atom is -0.0131 e. The van der Waals surface area contributed by atoms with Gasteiger partial charge in [-0.2, -0.15) is 0 Å². The van der Waals surface area contributed by atoms with Crippen LogP contribution in [0, 0.1) is 63.2 Å². The summed E-state index contributed by atoms with van der Waals surface area (Å²) in [4.78, 5) is 0. The quantitative estimate of drug-likeness (QED) is 0.338. The lowest BCUT2D eigenvalue weighted by Gasteiger charge is -2.29. The molecule has 4 aliphatic rings. The fourth-order valence-corrected chi connectivity index (χ4v) is 9.29.